The number of nitrogens with one attached hydrogen (secondary N) is 1. The summed E-state index contributed by atoms with van der Waals surface area (Å²) in [6.45, 7) is 0.264. The van der Waals surface area contributed by atoms with E-state index in [4.69, 9.17) is 21.8 Å². The van der Waals surface area contributed by atoms with Crippen LogP contribution in [-0.2, 0) is 4.79 Å². The molecule has 1 amide bonds. The van der Waals surface area contributed by atoms with E-state index in [1.807, 2.05) is 0 Å². The van der Waals surface area contributed by atoms with Crippen molar-refractivity contribution in [1.82, 2.24) is 4.90 Å². The molecule has 2 rings (SSSR count). The smallest absolute Gasteiger partial charge is 0.238 e. The number of aliphatic hydroxyl groups excluding tert-OH is 2. The first kappa shape index (κ1) is 21.5. The lowest BCUT2D eigenvalue weighted by molar-refractivity contribution is -0.117. The number of nitrogens with zero attached hydrogens (tertiary/aromatic N) is 1. The maximum atomic E-state index is 12.9. The minimum atomic E-state index is -0.354. The number of anilines is 1. The lowest BCUT2D eigenvalue weighted by Gasteiger charge is -2.20. The molecule has 0 spiro atoms. The van der Waals surface area contributed by atoms with E-state index in [9.17, 15) is 9.59 Å². The van der Waals surface area contributed by atoms with Gasteiger partial charge < -0.3 is 15.5 Å². The molecule has 0 saturated heterocycles. The fourth-order valence-electron chi connectivity index (χ4n) is 2.55. The number of benzene rings is 2. The molecule has 0 atom stereocenters. The molecule has 6 nitrogen and oxygen atoms in total. The van der Waals surface area contributed by atoms with Gasteiger partial charge in [-0.2, -0.15) is 0 Å². The SMILES string of the molecule is O=C(CN(CCO)CCO)Nc1ccc(Br)cc1C(=O)c1ccccc1Cl. The summed E-state index contributed by atoms with van der Waals surface area (Å²) in [7, 11) is 0. The summed E-state index contributed by atoms with van der Waals surface area (Å²) >= 11 is 9.47. The molecule has 0 aromatic heterocycles. The van der Waals surface area contributed by atoms with Gasteiger partial charge in [0, 0.05) is 28.7 Å². The van der Waals surface area contributed by atoms with Gasteiger partial charge in [0.2, 0.25) is 5.91 Å². The number of carbonyl (C=O) groups is 2. The fraction of sp³-hybridized carbons (Fsp3) is 0.263. The molecule has 0 radical (unpaired) electrons. The second kappa shape index (κ2) is 10.5. The van der Waals surface area contributed by atoms with Gasteiger partial charge in [0.1, 0.15) is 0 Å². The summed E-state index contributed by atoms with van der Waals surface area (Å²) < 4.78 is 0.693. The van der Waals surface area contributed by atoms with Gasteiger partial charge in [0.05, 0.1) is 30.5 Å². The van der Waals surface area contributed by atoms with Crippen molar-refractivity contribution < 1.29 is 19.8 Å². The second-order valence-electron chi connectivity index (χ2n) is 5.77. The van der Waals surface area contributed by atoms with Gasteiger partial charge in [-0.1, -0.05) is 39.7 Å². The summed E-state index contributed by atoms with van der Waals surface area (Å²) in [5.74, 6) is -0.660. The van der Waals surface area contributed by atoms with Gasteiger partial charge in [-0.3, -0.25) is 14.5 Å². The number of hydrogen-bond donors (Lipinski definition) is 3. The Morgan fingerprint density at radius 2 is 1.70 bits per heavy atom. The molecule has 0 aliphatic heterocycles. The van der Waals surface area contributed by atoms with Crippen molar-refractivity contribution in [3.63, 3.8) is 0 Å². The molecule has 0 aliphatic rings. The highest BCUT2D eigenvalue weighted by Crippen LogP contribution is 2.26. The van der Waals surface area contributed by atoms with Gasteiger partial charge in [-0.05, 0) is 30.3 Å². The minimum Gasteiger partial charge on any atom is -0.395 e. The van der Waals surface area contributed by atoms with Crippen LogP contribution in [0.4, 0.5) is 5.69 Å². The van der Waals surface area contributed by atoms with Gasteiger partial charge >= 0.3 is 0 Å². The quantitative estimate of drug-likeness (QED) is 0.506. The molecule has 0 bridgehead atoms. The van der Waals surface area contributed by atoms with Crippen LogP contribution >= 0.6 is 27.5 Å². The molecule has 0 unspecified atom stereocenters. The molecule has 0 heterocycles. The number of hydrogen-bond acceptors (Lipinski definition) is 5. The van der Waals surface area contributed by atoms with Crippen molar-refractivity contribution >= 4 is 44.9 Å². The summed E-state index contributed by atoms with van der Waals surface area (Å²) in [5, 5.41) is 21.2. The molecule has 0 saturated carbocycles. The number of halogens is 2. The lowest BCUT2D eigenvalue weighted by Crippen LogP contribution is -2.37. The molecule has 8 heteroatoms. The van der Waals surface area contributed by atoms with Crippen molar-refractivity contribution in [3.8, 4) is 0 Å². The van der Waals surface area contributed by atoms with Crippen molar-refractivity contribution in [2.75, 3.05) is 38.2 Å². The summed E-state index contributed by atoms with van der Waals surface area (Å²) in [5.41, 5.74) is 1.01. The topological polar surface area (TPSA) is 89.9 Å². The van der Waals surface area contributed by atoms with E-state index in [0.29, 0.717) is 26.3 Å². The Morgan fingerprint density at radius 3 is 2.33 bits per heavy atom. The Kier molecular flexibility index (Phi) is 8.40. The lowest BCUT2D eigenvalue weighted by atomic mass is 10.0. The zero-order chi connectivity index (χ0) is 19.8. The summed E-state index contributed by atoms with van der Waals surface area (Å²) in [4.78, 5) is 26.9. The van der Waals surface area contributed by atoms with E-state index in [1.165, 1.54) is 0 Å². The highest BCUT2D eigenvalue weighted by Gasteiger charge is 2.19. The van der Waals surface area contributed by atoms with E-state index in [-0.39, 0.29) is 44.5 Å². The Labute approximate surface area is 170 Å². The predicted octanol–water partition coefficient (Wildman–Crippen LogP) is 2.56. The molecule has 27 heavy (non-hydrogen) atoms. The highest BCUT2D eigenvalue weighted by atomic mass is 79.9. The van der Waals surface area contributed by atoms with E-state index in [1.54, 1.807) is 47.4 Å². The van der Waals surface area contributed by atoms with E-state index >= 15 is 0 Å². The normalized spacial score (nSPS) is 10.9. The van der Waals surface area contributed by atoms with E-state index in [2.05, 4.69) is 21.2 Å². The summed E-state index contributed by atoms with van der Waals surface area (Å²) in [6, 6.07) is 11.7. The Morgan fingerprint density at radius 1 is 1.04 bits per heavy atom. The molecule has 0 fully saturated rings. The van der Waals surface area contributed by atoms with Crippen molar-refractivity contribution in [2.24, 2.45) is 0 Å². The van der Waals surface area contributed by atoms with Crippen LogP contribution in [0.5, 0.6) is 0 Å². The van der Waals surface area contributed by atoms with Crippen LogP contribution in [0.3, 0.4) is 0 Å². The third kappa shape index (κ3) is 6.12. The van der Waals surface area contributed by atoms with Gasteiger partial charge in [-0.25, -0.2) is 0 Å². The minimum absolute atomic E-state index is 0.0170. The molecule has 0 aliphatic carbocycles. The average Bonchev–Trinajstić information content (AvgIpc) is 2.63. The number of aliphatic hydroxyl groups is 2. The van der Waals surface area contributed by atoms with Crippen LogP contribution in [-0.4, -0.2) is 59.7 Å². The van der Waals surface area contributed by atoms with Gasteiger partial charge in [0.15, 0.2) is 5.78 Å². The first-order valence-corrected chi connectivity index (χ1v) is 9.46. The molecular weight excluding hydrogens is 436 g/mol. The van der Waals surface area contributed by atoms with E-state index in [0.717, 1.165) is 0 Å². The van der Waals surface area contributed by atoms with Crippen LogP contribution in [0.25, 0.3) is 0 Å². The Balaban J connectivity index is 2.24. The summed E-state index contributed by atoms with van der Waals surface area (Å²) in [6.07, 6.45) is 0. The monoisotopic (exact) mass is 454 g/mol. The zero-order valence-electron chi connectivity index (χ0n) is 14.5. The van der Waals surface area contributed by atoms with E-state index < -0.39 is 0 Å². The second-order valence-corrected chi connectivity index (χ2v) is 7.09. The average molecular weight is 456 g/mol. The van der Waals surface area contributed by atoms with Crippen molar-refractivity contribution in [1.29, 1.82) is 0 Å². The van der Waals surface area contributed by atoms with Crippen molar-refractivity contribution in [3.05, 3.63) is 63.1 Å². The standard InChI is InChI=1S/C19H20BrClN2O4/c20-13-5-6-17(22-18(26)12-23(7-9-24)8-10-25)15(11-13)19(27)14-3-1-2-4-16(14)21/h1-6,11,24-25H,7-10,12H2,(H,22,26). The van der Waals surface area contributed by atoms with Gasteiger partial charge in [0.25, 0.3) is 0 Å². The first-order valence-electron chi connectivity index (χ1n) is 8.29. The first-order chi connectivity index (χ1) is 13.0. The van der Waals surface area contributed by atoms with Crippen LogP contribution in [0.2, 0.25) is 5.02 Å². The largest absolute Gasteiger partial charge is 0.395 e. The van der Waals surface area contributed by atoms with Crippen molar-refractivity contribution in [2.45, 2.75) is 0 Å². The maximum Gasteiger partial charge on any atom is 0.238 e. The highest BCUT2D eigenvalue weighted by molar-refractivity contribution is 9.10. The molecule has 2 aromatic rings. The van der Waals surface area contributed by atoms with Gasteiger partial charge in [-0.15, -0.1) is 0 Å². The predicted molar refractivity (Wildman–Crippen MR) is 108 cm³/mol. The number of rotatable bonds is 9. The number of amides is 1. The molecule has 2 aromatic carbocycles. The number of ketones is 1. The zero-order valence-corrected chi connectivity index (χ0v) is 16.8. The Bertz CT molecular complexity index is 810. The van der Waals surface area contributed by atoms with Crippen LogP contribution < -0.4 is 5.32 Å². The van der Waals surface area contributed by atoms with Crippen LogP contribution in [0.1, 0.15) is 15.9 Å². The van der Waals surface area contributed by atoms with Crippen LogP contribution in [0.15, 0.2) is 46.9 Å². The third-order valence-corrected chi connectivity index (χ3v) is 4.64. The number of carbonyl (C=O) groups excluding carboxylic acids is 2. The molecular formula is C19H20BrClN2O4. The van der Waals surface area contributed by atoms with Crippen LogP contribution in [0, 0.1) is 0 Å². The molecule has 3 N–H and O–H groups in total. The third-order valence-electron chi connectivity index (χ3n) is 3.82. The Hall–Kier alpha value is -1.77. The fourth-order valence-corrected chi connectivity index (χ4v) is 3.13. The molecule has 144 valence electrons. The maximum absolute atomic E-state index is 12.9.